The maximum atomic E-state index is 11.9. The van der Waals surface area contributed by atoms with Gasteiger partial charge in [0.1, 0.15) is 18.2 Å². The van der Waals surface area contributed by atoms with Crippen molar-refractivity contribution >= 4 is 5.91 Å². The van der Waals surface area contributed by atoms with Gasteiger partial charge in [0.15, 0.2) is 0 Å². The Balaban J connectivity index is 1.98. The lowest BCUT2D eigenvalue weighted by atomic mass is 10.2. The minimum absolute atomic E-state index is 0.113. The van der Waals surface area contributed by atoms with Crippen LogP contribution in [0.4, 0.5) is 0 Å². The smallest absolute Gasteiger partial charge is 0.245 e. The number of hydrogen-bond donors (Lipinski definition) is 2. The monoisotopic (exact) mass is 234 g/mol. The predicted molar refractivity (Wildman–Crippen MR) is 59.9 cm³/mol. The van der Waals surface area contributed by atoms with E-state index in [9.17, 15) is 4.79 Å². The minimum Gasteiger partial charge on any atom is -0.345 e. The molecule has 0 aliphatic carbocycles. The number of aromatic nitrogens is 5. The Hall–Kier alpha value is -2.18. The van der Waals surface area contributed by atoms with E-state index in [1.807, 2.05) is 6.92 Å². The molecule has 0 aliphatic heterocycles. The molecule has 1 amide bonds. The van der Waals surface area contributed by atoms with Gasteiger partial charge in [-0.15, -0.1) is 0 Å². The number of aromatic amines is 1. The SMILES string of the molecule is CC(NC(=O)C(C)n1cccn1)c1ncn[nH]1. The van der Waals surface area contributed by atoms with Crippen LogP contribution in [0.3, 0.4) is 0 Å². The van der Waals surface area contributed by atoms with Crippen LogP contribution in [0.2, 0.25) is 0 Å². The van der Waals surface area contributed by atoms with Crippen molar-refractivity contribution in [1.82, 2.24) is 30.3 Å². The second-order valence-electron chi connectivity index (χ2n) is 3.76. The highest BCUT2D eigenvalue weighted by Crippen LogP contribution is 2.08. The van der Waals surface area contributed by atoms with Crippen molar-refractivity contribution in [3.63, 3.8) is 0 Å². The highest BCUT2D eigenvalue weighted by Gasteiger charge is 2.18. The highest BCUT2D eigenvalue weighted by molar-refractivity contribution is 5.80. The molecule has 0 spiro atoms. The Morgan fingerprint density at radius 3 is 2.94 bits per heavy atom. The molecule has 90 valence electrons. The van der Waals surface area contributed by atoms with Crippen LogP contribution in [-0.4, -0.2) is 30.9 Å². The predicted octanol–water partition coefficient (Wildman–Crippen LogP) is 0.440. The molecule has 7 nitrogen and oxygen atoms in total. The van der Waals surface area contributed by atoms with Gasteiger partial charge in [-0.2, -0.15) is 10.2 Å². The van der Waals surface area contributed by atoms with E-state index in [4.69, 9.17) is 0 Å². The Kier molecular flexibility index (Phi) is 3.17. The molecular formula is C10H14N6O. The molecule has 2 heterocycles. The zero-order chi connectivity index (χ0) is 12.3. The molecule has 0 aromatic carbocycles. The normalized spacial score (nSPS) is 14.2. The first kappa shape index (κ1) is 11.3. The van der Waals surface area contributed by atoms with E-state index in [0.717, 1.165) is 0 Å². The Labute approximate surface area is 98.2 Å². The number of carbonyl (C=O) groups excluding carboxylic acids is 1. The van der Waals surface area contributed by atoms with Crippen LogP contribution in [0.5, 0.6) is 0 Å². The van der Waals surface area contributed by atoms with Crippen LogP contribution in [0.25, 0.3) is 0 Å². The maximum Gasteiger partial charge on any atom is 0.245 e. The van der Waals surface area contributed by atoms with E-state index in [-0.39, 0.29) is 18.0 Å². The Morgan fingerprint density at radius 1 is 1.53 bits per heavy atom. The molecule has 2 aromatic rings. The van der Waals surface area contributed by atoms with Crippen molar-refractivity contribution < 1.29 is 4.79 Å². The first-order chi connectivity index (χ1) is 8.18. The molecule has 2 N–H and O–H groups in total. The number of H-pyrrole nitrogens is 1. The Bertz CT molecular complexity index is 463. The van der Waals surface area contributed by atoms with Gasteiger partial charge >= 0.3 is 0 Å². The summed E-state index contributed by atoms with van der Waals surface area (Å²) >= 11 is 0. The molecule has 17 heavy (non-hydrogen) atoms. The van der Waals surface area contributed by atoms with Gasteiger partial charge in [0.25, 0.3) is 0 Å². The van der Waals surface area contributed by atoms with Crippen LogP contribution in [-0.2, 0) is 4.79 Å². The summed E-state index contributed by atoms with van der Waals surface area (Å²) in [5, 5.41) is 13.3. The van der Waals surface area contributed by atoms with Crippen LogP contribution in [0, 0.1) is 0 Å². The topological polar surface area (TPSA) is 88.5 Å². The third-order valence-corrected chi connectivity index (χ3v) is 2.50. The number of amides is 1. The Morgan fingerprint density at radius 2 is 2.35 bits per heavy atom. The molecule has 0 fully saturated rings. The van der Waals surface area contributed by atoms with Gasteiger partial charge in [-0.1, -0.05) is 0 Å². The quantitative estimate of drug-likeness (QED) is 0.803. The molecule has 2 atom stereocenters. The van der Waals surface area contributed by atoms with Crippen molar-refractivity contribution in [2.45, 2.75) is 25.9 Å². The lowest BCUT2D eigenvalue weighted by Crippen LogP contribution is -2.33. The van der Waals surface area contributed by atoms with Gasteiger partial charge in [-0.25, -0.2) is 4.98 Å². The maximum absolute atomic E-state index is 11.9. The summed E-state index contributed by atoms with van der Waals surface area (Å²) in [4.78, 5) is 15.9. The molecular weight excluding hydrogens is 220 g/mol. The molecule has 0 bridgehead atoms. The lowest BCUT2D eigenvalue weighted by Gasteiger charge is -2.16. The van der Waals surface area contributed by atoms with E-state index in [1.54, 1.807) is 30.1 Å². The largest absolute Gasteiger partial charge is 0.345 e. The molecule has 2 unspecified atom stereocenters. The van der Waals surface area contributed by atoms with Crippen LogP contribution in [0.1, 0.15) is 31.8 Å². The number of nitrogens with zero attached hydrogens (tertiary/aromatic N) is 4. The zero-order valence-corrected chi connectivity index (χ0v) is 9.66. The second kappa shape index (κ2) is 4.77. The zero-order valence-electron chi connectivity index (χ0n) is 9.66. The van der Waals surface area contributed by atoms with Crippen molar-refractivity contribution in [1.29, 1.82) is 0 Å². The fourth-order valence-corrected chi connectivity index (χ4v) is 1.46. The van der Waals surface area contributed by atoms with E-state index in [0.29, 0.717) is 5.82 Å². The van der Waals surface area contributed by atoms with Crippen molar-refractivity contribution in [2.75, 3.05) is 0 Å². The van der Waals surface area contributed by atoms with Crippen molar-refractivity contribution in [2.24, 2.45) is 0 Å². The van der Waals surface area contributed by atoms with Gasteiger partial charge in [0.05, 0.1) is 6.04 Å². The summed E-state index contributed by atoms with van der Waals surface area (Å²) in [5.41, 5.74) is 0. The third kappa shape index (κ3) is 2.49. The summed E-state index contributed by atoms with van der Waals surface area (Å²) in [7, 11) is 0. The average Bonchev–Trinajstić information content (AvgIpc) is 3.00. The summed E-state index contributed by atoms with van der Waals surface area (Å²) < 4.78 is 1.60. The fourth-order valence-electron chi connectivity index (χ4n) is 1.46. The summed E-state index contributed by atoms with van der Waals surface area (Å²) in [6.07, 6.45) is 4.81. The molecule has 0 radical (unpaired) electrons. The van der Waals surface area contributed by atoms with Crippen molar-refractivity contribution in [3.05, 3.63) is 30.6 Å². The summed E-state index contributed by atoms with van der Waals surface area (Å²) in [6.45, 7) is 3.63. The van der Waals surface area contributed by atoms with Gasteiger partial charge in [0, 0.05) is 12.4 Å². The molecule has 0 saturated carbocycles. The van der Waals surface area contributed by atoms with E-state index < -0.39 is 0 Å². The van der Waals surface area contributed by atoms with Gasteiger partial charge < -0.3 is 5.32 Å². The summed E-state index contributed by atoms with van der Waals surface area (Å²) in [6, 6.07) is 1.22. The molecule has 2 aromatic heterocycles. The van der Waals surface area contributed by atoms with E-state index >= 15 is 0 Å². The summed E-state index contributed by atoms with van der Waals surface area (Å²) in [5.74, 6) is 0.517. The fraction of sp³-hybridized carbons (Fsp3) is 0.400. The third-order valence-electron chi connectivity index (χ3n) is 2.50. The molecule has 0 aliphatic rings. The highest BCUT2D eigenvalue weighted by atomic mass is 16.2. The number of carbonyl (C=O) groups is 1. The number of rotatable bonds is 4. The lowest BCUT2D eigenvalue weighted by molar-refractivity contribution is -0.124. The standard InChI is InChI=1S/C10H14N6O/c1-7(9-11-6-12-15-9)14-10(17)8(2)16-5-3-4-13-16/h3-8H,1-2H3,(H,14,17)(H,11,12,15). The van der Waals surface area contributed by atoms with Crippen LogP contribution < -0.4 is 5.32 Å². The van der Waals surface area contributed by atoms with Crippen LogP contribution in [0.15, 0.2) is 24.8 Å². The van der Waals surface area contributed by atoms with Gasteiger partial charge in [0.2, 0.25) is 5.91 Å². The first-order valence-corrected chi connectivity index (χ1v) is 5.33. The molecule has 0 saturated heterocycles. The van der Waals surface area contributed by atoms with E-state index in [2.05, 4.69) is 25.6 Å². The van der Waals surface area contributed by atoms with Gasteiger partial charge in [-0.3, -0.25) is 14.6 Å². The second-order valence-corrected chi connectivity index (χ2v) is 3.76. The number of hydrogen-bond acceptors (Lipinski definition) is 4. The number of nitrogens with one attached hydrogen (secondary N) is 2. The average molecular weight is 234 g/mol. The molecule has 7 heteroatoms. The van der Waals surface area contributed by atoms with E-state index in [1.165, 1.54) is 6.33 Å². The molecule has 2 rings (SSSR count). The van der Waals surface area contributed by atoms with Gasteiger partial charge in [-0.05, 0) is 19.9 Å². The van der Waals surface area contributed by atoms with Crippen molar-refractivity contribution in [3.8, 4) is 0 Å². The van der Waals surface area contributed by atoms with Crippen LogP contribution >= 0.6 is 0 Å². The minimum atomic E-state index is -0.352. The first-order valence-electron chi connectivity index (χ1n) is 5.33.